The van der Waals surface area contributed by atoms with Gasteiger partial charge in [0.1, 0.15) is 11.4 Å². The van der Waals surface area contributed by atoms with E-state index < -0.39 is 11.9 Å². The van der Waals surface area contributed by atoms with Crippen molar-refractivity contribution in [3.8, 4) is 0 Å². The minimum atomic E-state index is -1.16. The Morgan fingerprint density at radius 2 is 2.12 bits per heavy atom. The number of amides is 1. The second-order valence-electron chi connectivity index (χ2n) is 3.54. The molecule has 0 aliphatic rings. The van der Waals surface area contributed by atoms with E-state index in [1.807, 2.05) is 0 Å². The van der Waals surface area contributed by atoms with E-state index in [-0.39, 0.29) is 17.4 Å². The number of nitrogens with one attached hydrogen (secondary N) is 1. The minimum absolute atomic E-state index is 0.0767. The minimum Gasteiger partial charge on any atom is -0.477 e. The van der Waals surface area contributed by atoms with Crippen LogP contribution in [0.15, 0.2) is 18.2 Å². The number of nitrogens with zero attached hydrogens (tertiary/aromatic N) is 1. The molecule has 2 N–H and O–H groups in total. The molecule has 17 heavy (non-hydrogen) atoms. The zero-order valence-corrected chi connectivity index (χ0v) is 9.64. The van der Waals surface area contributed by atoms with Crippen molar-refractivity contribution in [2.24, 2.45) is 0 Å². The van der Waals surface area contributed by atoms with E-state index in [2.05, 4.69) is 10.3 Å². The molecular formula is C11H14N2O4. The number of rotatable bonds is 5. The Morgan fingerprint density at radius 3 is 2.71 bits per heavy atom. The normalized spacial score (nSPS) is 11.9. The number of aromatic carboxylic acids is 1. The fraction of sp³-hybridized carbons (Fsp3) is 0.364. The quantitative estimate of drug-likeness (QED) is 0.781. The molecule has 6 heteroatoms. The van der Waals surface area contributed by atoms with Crippen LogP contribution in [-0.2, 0) is 4.74 Å². The van der Waals surface area contributed by atoms with Crippen molar-refractivity contribution in [1.82, 2.24) is 10.3 Å². The highest BCUT2D eigenvalue weighted by molar-refractivity contribution is 5.94. The number of hydrogen-bond acceptors (Lipinski definition) is 4. The van der Waals surface area contributed by atoms with E-state index in [0.29, 0.717) is 6.61 Å². The molecular weight excluding hydrogens is 224 g/mol. The van der Waals surface area contributed by atoms with Crippen molar-refractivity contribution in [2.75, 3.05) is 13.7 Å². The van der Waals surface area contributed by atoms with Crippen LogP contribution in [0.1, 0.15) is 27.9 Å². The molecule has 0 saturated heterocycles. The van der Waals surface area contributed by atoms with Crippen LogP contribution in [0.5, 0.6) is 0 Å². The molecule has 1 aromatic rings. The summed E-state index contributed by atoms with van der Waals surface area (Å²) in [7, 11) is 1.53. The monoisotopic (exact) mass is 238 g/mol. The molecule has 0 spiro atoms. The third-order valence-corrected chi connectivity index (χ3v) is 2.00. The highest BCUT2D eigenvalue weighted by Crippen LogP contribution is 2.00. The Kier molecular flexibility index (Phi) is 4.59. The third kappa shape index (κ3) is 3.84. The van der Waals surface area contributed by atoms with Gasteiger partial charge in [-0.25, -0.2) is 9.78 Å². The largest absolute Gasteiger partial charge is 0.477 e. The molecule has 6 nitrogen and oxygen atoms in total. The smallest absolute Gasteiger partial charge is 0.354 e. The van der Waals surface area contributed by atoms with Crippen LogP contribution in [0, 0.1) is 0 Å². The molecule has 1 atom stereocenters. The van der Waals surface area contributed by atoms with Gasteiger partial charge in [-0.1, -0.05) is 6.07 Å². The van der Waals surface area contributed by atoms with Crippen LogP contribution in [0.3, 0.4) is 0 Å². The lowest BCUT2D eigenvalue weighted by Crippen LogP contribution is -2.36. The van der Waals surface area contributed by atoms with E-state index in [1.165, 1.54) is 25.3 Å². The number of pyridine rings is 1. The Morgan fingerprint density at radius 1 is 1.47 bits per heavy atom. The highest BCUT2D eigenvalue weighted by atomic mass is 16.5. The maximum absolute atomic E-state index is 11.7. The average Bonchev–Trinajstić information content (AvgIpc) is 2.29. The van der Waals surface area contributed by atoms with Gasteiger partial charge >= 0.3 is 5.97 Å². The standard InChI is InChI=1S/C11H14N2O4/c1-7(6-17-2)12-10(14)8-4-3-5-9(13-8)11(15)16/h3-5,7H,6H2,1-2H3,(H,12,14)(H,15,16)/t7-/m1/s1. The molecule has 0 aromatic carbocycles. The van der Waals surface area contributed by atoms with E-state index in [4.69, 9.17) is 9.84 Å². The van der Waals surface area contributed by atoms with Crippen molar-refractivity contribution in [1.29, 1.82) is 0 Å². The first-order valence-corrected chi connectivity index (χ1v) is 5.04. The van der Waals surface area contributed by atoms with Crippen LogP contribution in [0.2, 0.25) is 0 Å². The molecule has 0 unspecified atom stereocenters. The van der Waals surface area contributed by atoms with Crippen LogP contribution >= 0.6 is 0 Å². The molecule has 0 aliphatic heterocycles. The van der Waals surface area contributed by atoms with E-state index in [0.717, 1.165) is 0 Å². The van der Waals surface area contributed by atoms with Crippen molar-refractivity contribution >= 4 is 11.9 Å². The molecule has 1 heterocycles. The molecule has 0 aliphatic carbocycles. The third-order valence-electron chi connectivity index (χ3n) is 2.00. The van der Waals surface area contributed by atoms with E-state index >= 15 is 0 Å². The number of ether oxygens (including phenoxy) is 1. The van der Waals surface area contributed by atoms with Gasteiger partial charge in [0.2, 0.25) is 0 Å². The van der Waals surface area contributed by atoms with Crippen LogP contribution < -0.4 is 5.32 Å². The van der Waals surface area contributed by atoms with Crippen LogP contribution in [0.4, 0.5) is 0 Å². The van der Waals surface area contributed by atoms with Crippen molar-refractivity contribution < 1.29 is 19.4 Å². The van der Waals surface area contributed by atoms with Crippen LogP contribution in [-0.4, -0.2) is 41.7 Å². The molecule has 1 amide bonds. The van der Waals surface area contributed by atoms with Gasteiger partial charge in [-0.3, -0.25) is 4.79 Å². The van der Waals surface area contributed by atoms with Crippen LogP contribution in [0.25, 0.3) is 0 Å². The van der Waals surface area contributed by atoms with Crippen molar-refractivity contribution in [3.63, 3.8) is 0 Å². The van der Waals surface area contributed by atoms with Gasteiger partial charge in [0.15, 0.2) is 0 Å². The number of carbonyl (C=O) groups is 2. The highest BCUT2D eigenvalue weighted by Gasteiger charge is 2.13. The SMILES string of the molecule is COC[C@@H](C)NC(=O)c1cccc(C(=O)O)n1. The van der Waals surface area contributed by atoms with Gasteiger partial charge in [-0.05, 0) is 19.1 Å². The van der Waals surface area contributed by atoms with Gasteiger partial charge in [0.25, 0.3) is 5.91 Å². The first-order chi connectivity index (χ1) is 8.04. The maximum atomic E-state index is 11.7. The van der Waals surface area contributed by atoms with Gasteiger partial charge in [0, 0.05) is 13.2 Å². The van der Waals surface area contributed by atoms with Crippen molar-refractivity contribution in [3.05, 3.63) is 29.6 Å². The number of carboxylic acid groups (broad SMARTS) is 1. The molecule has 0 fully saturated rings. The lowest BCUT2D eigenvalue weighted by molar-refractivity contribution is 0.0690. The summed E-state index contributed by atoms with van der Waals surface area (Å²) in [5.41, 5.74) is -0.0788. The summed E-state index contributed by atoms with van der Waals surface area (Å²) >= 11 is 0. The number of carbonyl (C=O) groups excluding carboxylic acids is 1. The number of methoxy groups -OCH3 is 1. The summed E-state index contributed by atoms with van der Waals surface area (Å²) in [5, 5.41) is 11.4. The Bertz CT molecular complexity index is 420. The Labute approximate surface area is 98.6 Å². The number of hydrogen-bond donors (Lipinski definition) is 2. The lowest BCUT2D eigenvalue weighted by Gasteiger charge is -2.12. The molecule has 0 saturated carbocycles. The van der Waals surface area contributed by atoms with Gasteiger partial charge in [0.05, 0.1) is 6.61 Å². The summed E-state index contributed by atoms with van der Waals surface area (Å²) in [6, 6.07) is 4.11. The first kappa shape index (κ1) is 13.1. The Balaban J connectivity index is 2.75. The molecule has 1 rings (SSSR count). The zero-order valence-electron chi connectivity index (χ0n) is 9.64. The Hall–Kier alpha value is -1.95. The topological polar surface area (TPSA) is 88.5 Å². The summed E-state index contributed by atoms with van der Waals surface area (Å²) < 4.78 is 4.87. The van der Waals surface area contributed by atoms with E-state index in [1.54, 1.807) is 6.92 Å². The molecule has 0 bridgehead atoms. The fourth-order valence-corrected chi connectivity index (χ4v) is 1.27. The summed E-state index contributed by atoms with van der Waals surface area (Å²) in [6.07, 6.45) is 0. The van der Waals surface area contributed by atoms with Gasteiger partial charge in [-0.2, -0.15) is 0 Å². The molecule has 1 aromatic heterocycles. The summed E-state index contributed by atoms with van der Waals surface area (Å²) in [4.78, 5) is 26.1. The number of aromatic nitrogens is 1. The van der Waals surface area contributed by atoms with Crippen molar-refractivity contribution in [2.45, 2.75) is 13.0 Å². The predicted molar refractivity (Wildman–Crippen MR) is 60.0 cm³/mol. The summed E-state index contributed by atoms with van der Waals surface area (Å²) in [6.45, 7) is 2.16. The predicted octanol–water partition coefficient (Wildman–Crippen LogP) is 0.544. The first-order valence-electron chi connectivity index (χ1n) is 5.04. The second-order valence-corrected chi connectivity index (χ2v) is 3.54. The molecule has 0 radical (unpaired) electrons. The number of carboxylic acids is 1. The zero-order chi connectivity index (χ0) is 12.8. The second kappa shape index (κ2) is 5.95. The van der Waals surface area contributed by atoms with Gasteiger partial charge < -0.3 is 15.2 Å². The van der Waals surface area contributed by atoms with E-state index in [9.17, 15) is 9.59 Å². The van der Waals surface area contributed by atoms with Gasteiger partial charge in [-0.15, -0.1) is 0 Å². The average molecular weight is 238 g/mol. The fourth-order valence-electron chi connectivity index (χ4n) is 1.27. The maximum Gasteiger partial charge on any atom is 0.354 e. The lowest BCUT2D eigenvalue weighted by atomic mass is 10.2. The summed E-state index contributed by atoms with van der Waals surface area (Å²) in [5.74, 6) is -1.58. The molecule has 92 valence electrons.